The molecule has 2 heterocycles. The van der Waals surface area contributed by atoms with Crippen molar-refractivity contribution in [2.45, 2.75) is 37.5 Å². The molecule has 1 saturated carbocycles. The van der Waals surface area contributed by atoms with Crippen LogP contribution in [0.3, 0.4) is 0 Å². The summed E-state index contributed by atoms with van der Waals surface area (Å²) in [6.45, 7) is 2.31. The Morgan fingerprint density at radius 2 is 2.11 bits per heavy atom. The van der Waals surface area contributed by atoms with E-state index in [0.29, 0.717) is 5.92 Å². The van der Waals surface area contributed by atoms with Crippen molar-refractivity contribution in [3.05, 3.63) is 28.8 Å². The zero-order valence-electron chi connectivity index (χ0n) is 10.5. The number of nitrogens with one attached hydrogen (secondary N) is 1. The zero-order valence-corrected chi connectivity index (χ0v) is 11.3. The molecule has 94 valence electrons. The van der Waals surface area contributed by atoms with Crippen LogP contribution in [0.5, 0.6) is 0 Å². The van der Waals surface area contributed by atoms with Crippen LogP contribution in [0.15, 0.2) is 18.2 Å². The summed E-state index contributed by atoms with van der Waals surface area (Å²) < 4.78 is 1.37. The van der Waals surface area contributed by atoms with Crippen LogP contribution in [0.1, 0.15) is 48.1 Å². The number of rotatable bonds is 2. The molecule has 0 amide bonds. The average molecular weight is 258 g/mol. The Bertz CT molecular complexity index is 565. The van der Waals surface area contributed by atoms with Gasteiger partial charge in [0.05, 0.1) is 15.2 Å². The Morgan fingerprint density at radius 1 is 1.17 bits per heavy atom. The number of aromatic nitrogens is 1. The molecule has 0 bridgehead atoms. The van der Waals surface area contributed by atoms with E-state index in [9.17, 15) is 0 Å². The minimum atomic E-state index is 0.689. The number of benzene rings is 1. The lowest BCUT2D eigenvalue weighted by Crippen LogP contribution is -2.28. The van der Waals surface area contributed by atoms with Gasteiger partial charge in [-0.05, 0) is 55.8 Å². The Morgan fingerprint density at radius 3 is 2.89 bits per heavy atom. The normalized spacial score (nSPS) is 24.6. The summed E-state index contributed by atoms with van der Waals surface area (Å²) in [7, 11) is 0. The van der Waals surface area contributed by atoms with Crippen LogP contribution in [-0.2, 0) is 0 Å². The van der Waals surface area contributed by atoms with Crippen LogP contribution in [0, 0.1) is 0 Å². The van der Waals surface area contributed by atoms with Crippen molar-refractivity contribution >= 4 is 21.6 Å². The van der Waals surface area contributed by atoms with E-state index in [0.717, 1.165) is 12.5 Å². The van der Waals surface area contributed by atoms with Crippen LogP contribution < -0.4 is 5.32 Å². The van der Waals surface area contributed by atoms with Gasteiger partial charge in [-0.15, -0.1) is 11.3 Å². The fourth-order valence-electron chi connectivity index (χ4n) is 2.86. The summed E-state index contributed by atoms with van der Waals surface area (Å²) in [6, 6.07) is 6.92. The second-order valence-electron chi connectivity index (χ2n) is 5.60. The molecule has 2 fully saturated rings. The van der Waals surface area contributed by atoms with Crippen molar-refractivity contribution in [2.24, 2.45) is 0 Å². The Hall–Kier alpha value is -0.930. The highest BCUT2D eigenvalue weighted by Gasteiger charge is 2.27. The molecule has 2 nitrogen and oxygen atoms in total. The lowest BCUT2D eigenvalue weighted by molar-refractivity contribution is 0.462. The Kier molecular flexibility index (Phi) is 2.63. The van der Waals surface area contributed by atoms with E-state index >= 15 is 0 Å². The van der Waals surface area contributed by atoms with Crippen molar-refractivity contribution in [1.82, 2.24) is 10.3 Å². The number of hydrogen-bond acceptors (Lipinski definition) is 3. The summed E-state index contributed by atoms with van der Waals surface area (Å²) in [5.74, 6) is 1.47. The van der Waals surface area contributed by atoms with Gasteiger partial charge in [-0.2, -0.15) is 0 Å². The fraction of sp³-hybridized carbons (Fsp3) is 0.533. The van der Waals surface area contributed by atoms with E-state index in [4.69, 9.17) is 4.98 Å². The first-order valence-electron chi connectivity index (χ1n) is 7.01. The highest BCUT2D eigenvalue weighted by Crippen LogP contribution is 2.43. The van der Waals surface area contributed by atoms with Crippen LogP contribution in [0.2, 0.25) is 0 Å². The molecule has 1 aromatic carbocycles. The first-order chi connectivity index (χ1) is 8.90. The van der Waals surface area contributed by atoms with E-state index < -0.39 is 0 Å². The van der Waals surface area contributed by atoms with Crippen LogP contribution in [0.25, 0.3) is 10.2 Å². The second kappa shape index (κ2) is 4.32. The lowest BCUT2D eigenvalue weighted by Gasteiger charge is -2.22. The van der Waals surface area contributed by atoms with Crippen LogP contribution in [-0.4, -0.2) is 18.1 Å². The molecular weight excluding hydrogens is 240 g/mol. The van der Waals surface area contributed by atoms with Gasteiger partial charge in [0.1, 0.15) is 0 Å². The maximum absolute atomic E-state index is 4.83. The topological polar surface area (TPSA) is 24.9 Å². The Labute approximate surface area is 111 Å². The van der Waals surface area contributed by atoms with Gasteiger partial charge < -0.3 is 5.32 Å². The van der Waals surface area contributed by atoms with E-state index in [-0.39, 0.29) is 0 Å². The largest absolute Gasteiger partial charge is 0.316 e. The van der Waals surface area contributed by atoms with Gasteiger partial charge in [-0.25, -0.2) is 4.98 Å². The van der Waals surface area contributed by atoms with Crippen LogP contribution in [0.4, 0.5) is 0 Å². The van der Waals surface area contributed by atoms with Gasteiger partial charge >= 0.3 is 0 Å². The van der Waals surface area contributed by atoms with Crippen molar-refractivity contribution in [3.8, 4) is 0 Å². The molecule has 1 saturated heterocycles. The van der Waals surface area contributed by atoms with E-state index in [1.807, 2.05) is 11.3 Å². The molecule has 1 aliphatic carbocycles. The Balaban J connectivity index is 1.69. The second-order valence-corrected chi connectivity index (χ2v) is 6.66. The number of piperidine rings is 1. The van der Waals surface area contributed by atoms with Gasteiger partial charge in [0.2, 0.25) is 0 Å². The van der Waals surface area contributed by atoms with Gasteiger partial charge in [0, 0.05) is 12.5 Å². The molecule has 1 N–H and O–H groups in total. The van der Waals surface area contributed by atoms with E-state index in [2.05, 4.69) is 23.5 Å². The predicted molar refractivity (Wildman–Crippen MR) is 76.4 cm³/mol. The average Bonchev–Trinajstić information content (AvgIpc) is 3.19. The summed E-state index contributed by atoms with van der Waals surface area (Å²) in [6.07, 6.45) is 5.31. The van der Waals surface area contributed by atoms with E-state index in [1.165, 1.54) is 53.0 Å². The third-order valence-electron chi connectivity index (χ3n) is 4.12. The van der Waals surface area contributed by atoms with Crippen molar-refractivity contribution < 1.29 is 0 Å². The van der Waals surface area contributed by atoms with Crippen molar-refractivity contribution in [3.63, 3.8) is 0 Å². The minimum Gasteiger partial charge on any atom is -0.316 e. The molecule has 1 aromatic heterocycles. The molecule has 1 unspecified atom stereocenters. The van der Waals surface area contributed by atoms with Crippen LogP contribution >= 0.6 is 11.3 Å². The first kappa shape index (κ1) is 10.9. The molecule has 4 rings (SSSR count). The van der Waals surface area contributed by atoms with Gasteiger partial charge in [0.15, 0.2) is 0 Å². The van der Waals surface area contributed by atoms with E-state index in [1.54, 1.807) is 0 Å². The lowest BCUT2D eigenvalue weighted by atomic mass is 9.92. The highest BCUT2D eigenvalue weighted by atomic mass is 32.1. The fourth-order valence-corrected chi connectivity index (χ4v) is 3.97. The van der Waals surface area contributed by atoms with Crippen molar-refractivity contribution in [2.75, 3.05) is 13.1 Å². The molecule has 3 heteroatoms. The highest BCUT2D eigenvalue weighted by molar-refractivity contribution is 7.18. The monoisotopic (exact) mass is 258 g/mol. The van der Waals surface area contributed by atoms with Gasteiger partial charge in [0.25, 0.3) is 0 Å². The minimum absolute atomic E-state index is 0.689. The molecule has 2 aromatic rings. The number of thiazole rings is 1. The third-order valence-corrected chi connectivity index (χ3v) is 5.32. The zero-order chi connectivity index (χ0) is 11.9. The summed E-state index contributed by atoms with van der Waals surface area (Å²) in [4.78, 5) is 4.83. The third kappa shape index (κ3) is 1.95. The standard InChI is InChI=1S/C15H18N2S/c1-2-12(9-16-7-1)11-5-6-14-13(8-11)17-15(18-14)10-3-4-10/h5-6,8,10,12,16H,1-4,7,9H2. The SMILES string of the molecule is c1cc2sc(C3CC3)nc2cc1C1CCCNC1. The molecule has 18 heavy (non-hydrogen) atoms. The van der Waals surface area contributed by atoms with Crippen molar-refractivity contribution in [1.29, 1.82) is 0 Å². The maximum atomic E-state index is 4.83. The quantitative estimate of drug-likeness (QED) is 0.889. The number of nitrogens with zero attached hydrogens (tertiary/aromatic N) is 1. The number of hydrogen-bond donors (Lipinski definition) is 1. The summed E-state index contributed by atoms with van der Waals surface area (Å²) >= 11 is 1.90. The molecule has 0 radical (unpaired) electrons. The summed E-state index contributed by atoms with van der Waals surface area (Å²) in [5.41, 5.74) is 2.70. The smallest absolute Gasteiger partial charge is 0.0969 e. The first-order valence-corrected chi connectivity index (χ1v) is 7.83. The molecular formula is C15H18N2S. The molecule has 2 aliphatic rings. The van der Waals surface area contributed by atoms with Gasteiger partial charge in [-0.3, -0.25) is 0 Å². The molecule has 1 aliphatic heterocycles. The number of fused-ring (bicyclic) bond motifs is 1. The molecule has 0 spiro atoms. The maximum Gasteiger partial charge on any atom is 0.0969 e. The molecule has 1 atom stereocenters. The predicted octanol–water partition coefficient (Wildman–Crippen LogP) is 3.64. The van der Waals surface area contributed by atoms with Gasteiger partial charge in [-0.1, -0.05) is 6.07 Å². The summed E-state index contributed by atoms with van der Waals surface area (Å²) in [5, 5.41) is 4.86.